The molecule has 3 aromatic rings. The van der Waals surface area contributed by atoms with E-state index in [1.165, 1.54) is 51.8 Å². The van der Waals surface area contributed by atoms with Gasteiger partial charge in [0.2, 0.25) is 0 Å². The van der Waals surface area contributed by atoms with Crippen molar-refractivity contribution in [3.63, 3.8) is 0 Å². The van der Waals surface area contributed by atoms with Gasteiger partial charge in [0.15, 0.2) is 5.78 Å². The largest absolute Gasteiger partial charge is 0.292 e. The third-order valence-electron chi connectivity index (χ3n) is 3.90. The summed E-state index contributed by atoms with van der Waals surface area (Å²) in [4.78, 5) is 24.4. The maximum Gasteiger partial charge on any atom is 0.183 e. The average Bonchev–Trinajstić information content (AvgIpc) is 3.16. The van der Waals surface area contributed by atoms with Gasteiger partial charge in [-0.05, 0) is 43.4 Å². The quantitative estimate of drug-likeness (QED) is 0.351. The van der Waals surface area contributed by atoms with Crippen LogP contribution in [0.4, 0.5) is 0 Å². The molecule has 3 nitrogen and oxygen atoms in total. The van der Waals surface area contributed by atoms with Crippen LogP contribution in [-0.2, 0) is 12.8 Å². The highest BCUT2D eigenvalue weighted by atomic mass is 35.5. The molecule has 4 rings (SSSR count). The van der Waals surface area contributed by atoms with E-state index in [0.29, 0.717) is 15.0 Å². The maximum absolute atomic E-state index is 12.3. The lowest BCUT2D eigenvalue weighted by Gasteiger charge is -2.11. The number of thioether (sulfide) groups is 1. The summed E-state index contributed by atoms with van der Waals surface area (Å²) in [6.45, 7) is 0. The van der Waals surface area contributed by atoms with E-state index in [9.17, 15) is 4.79 Å². The molecule has 0 fully saturated rings. The van der Waals surface area contributed by atoms with Gasteiger partial charge in [0, 0.05) is 10.3 Å². The van der Waals surface area contributed by atoms with Gasteiger partial charge >= 0.3 is 0 Å². The zero-order chi connectivity index (χ0) is 15.8. The van der Waals surface area contributed by atoms with Crippen molar-refractivity contribution >= 4 is 62.0 Å². The number of carbonyl (C=O) groups excluding carboxylic acids is 1. The number of hydrogen-bond donors (Lipinski definition) is 0. The van der Waals surface area contributed by atoms with Gasteiger partial charge in [-0.3, -0.25) is 4.79 Å². The molecule has 0 radical (unpaired) electrons. The first-order valence-electron chi connectivity index (χ1n) is 7.39. The van der Waals surface area contributed by atoms with Gasteiger partial charge in [-0.25, -0.2) is 9.97 Å². The van der Waals surface area contributed by atoms with Crippen molar-refractivity contribution in [1.29, 1.82) is 0 Å². The Bertz CT molecular complexity index is 887. The average molecular weight is 381 g/mol. The van der Waals surface area contributed by atoms with E-state index in [0.717, 1.165) is 22.7 Å². The second-order valence-corrected chi connectivity index (χ2v) is 9.15. The van der Waals surface area contributed by atoms with Gasteiger partial charge in [-0.15, -0.1) is 22.7 Å². The number of Topliss-reactive ketones (excluding diaryl/α,β-unsaturated/α-hetero) is 1. The van der Waals surface area contributed by atoms with Crippen molar-refractivity contribution in [3.8, 4) is 0 Å². The van der Waals surface area contributed by atoms with E-state index in [1.54, 1.807) is 29.8 Å². The molecule has 1 aliphatic rings. The molecule has 3 aromatic heterocycles. The lowest BCUT2D eigenvalue weighted by atomic mass is 9.97. The van der Waals surface area contributed by atoms with Crippen LogP contribution in [0, 0.1) is 0 Å². The van der Waals surface area contributed by atoms with Gasteiger partial charge in [-0.2, -0.15) is 0 Å². The Kier molecular flexibility index (Phi) is 4.41. The van der Waals surface area contributed by atoms with E-state index >= 15 is 0 Å². The highest BCUT2D eigenvalue weighted by Crippen LogP contribution is 2.39. The van der Waals surface area contributed by atoms with E-state index < -0.39 is 0 Å². The topological polar surface area (TPSA) is 42.9 Å². The summed E-state index contributed by atoms with van der Waals surface area (Å²) in [6, 6.07) is 3.56. The number of nitrogens with zero attached hydrogens (tertiary/aromatic N) is 2. The van der Waals surface area contributed by atoms with Crippen molar-refractivity contribution in [1.82, 2.24) is 9.97 Å². The van der Waals surface area contributed by atoms with Crippen LogP contribution in [0.2, 0.25) is 4.34 Å². The highest BCUT2D eigenvalue weighted by molar-refractivity contribution is 8.00. The van der Waals surface area contributed by atoms with Gasteiger partial charge in [0.25, 0.3) is 0 Å². The first kappa shape index (κ1) is 15.6. The highest BCUT2D eigenvalue weighted by Gasteiger charge is 2.20. The lowest BCUT2D eigenvalue weighted by molar-refractivity contribution is 0.102. The summed E-state index contributed by atoms with van der Waals surface area (Å²) < 4.78 is 0.648. The van der Waals surface area contributed by atoms with Crippen LogP contribution in [-0.4, -0.2) is 21.5 Å². The molecule has 0 bridgehead atoms. The summed E-state index contributed by atoms with van der Waals surface area (Å²) in [6.07, 6.45) is 6.34. The molecule has 118 valence electrons. The minimum atomic E-state index is 0.0998. The second kappa shape index (κ2) is 6.51. The van der Waals surface area contributed by atoms with E-state index in [2.05, 4.69) is 9.97 Å². The van der Waals surface area contributed by atoms with Crippen LogP contribution in [0.3, 0.4) is 0 Å². The fourth-order valence-electron chi connectivity index (χ4n) is 2.84. The number of thiophene rings is 2. The number of halogens is 1. The Balaban J connectivity index is 1.61. The zero-order valence-electron chi connectivity index (χ0n) is 12.2. The normalized spacial score (nSPS) is 14.1. The van der Waals surface area contributed by atoms with E-state index in [-0.39, 0.29) is 5.78 Å². The molecule has 0 amide bonds. The van der Waals surface area contributed by atoms with Crippen LogP contribution >= 0.6 is 46.0 Å². The molecule has 0 aromatic carbocycles. The predicted octanol–water partition coefficient (Wildman–Crippen LogP) is 5.26. The van der Waals surface area contributed by atoms with Gasteiger partial charge in [0.1, 0.15) is 16.2 Å². The number of hydrogen-bond acceptors (Lipinski definition) is 6. The minimum absolute atomic E-state index is 0.0998. The molecular formula is C16H13ClN2OS3. The minimum Gasteiger partial charge on any atom is -0.292 e. The second-order valence-electron chi connectivity index (χ2n) is 5.39. The van der Waals surface area contributed by atoms with Crippen LogP contribution in [0.1, 0.15) is 33.0 Å². The van der Waals surface area contributed by atoms with Gasteiger partial charge in [-0.1, -0.05) is 23.4 Å². The van der Waals surface area contributed by atoms with Crippen molar-refractivity contribution in [2.45, 2.75) is 30.7 Å². The molecule has 0 saturated heterocycles. The number of carbonyl (C=O) groups is 1. The maximum atomic E-state index is 12.3. The number of ketones is 1. The zero-order valence-corrected chi connectivity index (χ0v) is 15.4. The molecule has 23 heavy (non-hydrogen) atoms. The van der Waals surface area contributed by atoms with Crippen LogP contribution in [0.25, 0.3) is 10.2 Å². The lowest BCUT2D eigenvalue weighted by Crippen LogP contribution is -2.01. The molecule has 0 spiro atoms. The standard InChI is InChI=1S/C16H13ClN2OS3/c17-13-6-5-12(22-13)10(20)7-21-15-14-9-3-1-2-4-11(9)23-16(14)19-8-18-15/h5-6,8H,1-4,7H2. The molecule has 1 aliphatic carbocycles. The Morgan fingerprint density at radius 3 is 2.91 bits per heavy atom. The molecule has 0 atom stereocenters. The third-order valence-corrected chi connectivity index (χ3v) is 7.37. The van der Waals surface area contributed by atoms with Crippen LogP contribution in [0.15, 0.2) is 23.5 Å². The first-order valence-corrected chi connectivity index (χ1v) is 10.4. The summed E-state index contributed by atoms with van der Waals surface area (Å²) in [5.74, 6) is 0.482. The molecule has 0 N–H and O–H groups in total. The Labute approximate surface area is 151 Å². The predicted molar refractivity (Wildman–Crippen MR) is 98.4 cm³/mol. The molecule has 0 unspecified atom stereocenters. The molecule has 7 heteroatoms. The summed E-state index contributed by atoms with van der Waals surface area (Å²) in [7, 11) is 0. The smallest absolute Gasteiger partial charge is 0.183 e. The molecular weight excluding hydrogens is 368 g/mol. The molecule has 0 aliphatic heterocycles. The fraction of sp³-hybridized carbons (Fsp3) is 0.312. The molecule has 3 heterocycles. The van der Waals surface area contributed by atoms with Gasteiger partial charge in [0.05, 0.1) is 15.0 Å². The van der Waals surface area contributed by atoms with Gasteiger partial charge < -0.3 is 0 Å². The summed E-state index contributed by atoms with van der Waals surface area (Å²) in [5.41, 5.74) is 1.41. The SMILES string of the molecule is O=C(CSc1ncnc2sc3c(c12)CCCC3)c1ccc(Cl)s1. The van der Waals surface area contributed by atoms with E-state index in [1.807, 2.05) is 0 Å². The summed E-state index contributed by atoms with van der Waals surface area (Å²) in [5, 5.41) is 2.11. The summed E-state index contributed by atoms with van der Waals surface area (Å²) >= 11 is 10.5. The Hall–Kier alpha value is -0.950. The number of fused-ring (bicyclic) bond motifs is 3. The third kappa shape index (κ3) is 3.05. The molecule has 0 saturated carbocycles. The monoisotopic (exact) mass is 380 g/mol. The van der Waals surface area contributed by atoms with E-state index in [4.69, 9.17) is 11.6 Å². The van der Waals surface area contributed by atoms with Crippen LogP contribution < -0.4 is 0 Å². The van der Waals surface area contributed by atoms with Crippen LogP contribution in [0.5, 0.6) is 0 Å². The Morgan fingerprint density at radius 2 is 2.09 bits per heavy atom. The van der Waals surface area contributed by atoms with Crippen molar-refractivity contribution in [2.24, 2.45) is 0 Å². The number of rotatable bonds is 4. The first-order chi connectivity index (χ1) is 11.2. The number of aromatic nitrogens is 2. The van der Waals surface area contributed by atoms with Crippen molar-refractivity contribution < 1.29 is 4.79 Å². The Morgan fingerprint density at radius 1 is 1.22 bits per heavy atom. The van der Waals surface area contributed by atoms with Crippen molar-refractivity contribution in [3.05, 3.63) is 38.1 Å². The fourth-order valence-corrected chi connectivity index (χ4v) is 6.11. The van der Waals surface area contributed by atoms with Crippen molar-refractivity contribution in [2.75, 3.05) is 5.75 Å². The number of aryl methyl sites for hydroxylation is 2.